The van der Waals surface area contributed by atoms with Crippen LogP contribution in [0.25, 0.3) is 6.08 Å². The second-order valence-corrected chi connectivity index (χ2v) is 10.0. The molecule has 1 amide bonds. The molecular weight excluding hydrogens is 374 g/mol. The summed E-state index contributed by atoms with van der Waals surface area (Å²) in [6.07, 6.45) is 6.62. The summed E-state index contributed by atoms with van der Waals surface area (Å²) in [7, 11) is 3.71. The number of likely N-dealkylation sites (N-methyl/N-ethyl adjacent to an activating group) is 1. The molecule has 1 aromatic carbocycles. The molecule has 6 heteroatoms. The van der Waals surface area contributed by atoms with Crippen molar-refractivity contribution in [3.63, 3.8) is 0 Å². The maximum absolute atomic E-state index is 13.5. The van der Waals surface area contributed by atoms with Crippen molar-refractivity contribution in [1.29, 1.82) is 0 Å². The fourth-order valence-electron chi connectivity index (χ4n) is 4.84. The van der Waals surface area contributed by atoms with Crippen LogP contribution in [0.15, 0.2) is 36.5 Å². The van der Waals surface area contributed by atoms with Crippen molar-refractivity contribution in [2.75, 3.05) is 7.05 Å². The lowest BCUT2D eigenvalue weighted by molar-refractivity contribution is -0.143. The number of hydrogen-bond acceptors (Lipinski definition) is 4. The van der Waals surface area contributed by atoms with Crippen molar-refractivity contribution in [2.45, 2.75) is 57.3 Å². The Balaban J connectivity index is 1.74. The van der Waals surface area contributed by atoms with E-state index in [0.29, 0.717) is 0 Å². The van der Waals surface area contributed by atoms with Gasteiger partial charge in [0.05, 0.1) is 11.6 Å². The van der Waals surface area contributed by atoms with Crippen molar-refractivity contribution in [3.8, 4) is 0 Å². The highest BCUT2D eigenvalue weighted by Gasteiger charge is 2.51. The number of nitrogens with two attached hydrogens (primary N) is 1. The van der Waals surface area contributed by atoms with Gasteiger partial charge in [-0.1, -0.05) is 57.2 Å². The first-order valence-corrected chi connectivity index (χ1v) is 10.6. The molecular formula is C24H33N5O. The Morgan fingerprint density at radius 3 is 2.50 bits per heavy atom. The Morgan fingerprint density at radius 2 is 1.87 bits per heavy atom. The van der Waals surface area contributed by atoms with Crippen LogP contribution in [0.3, 0.4) is 0 Å². The van der Waals surface area contributed by atoms with Gasteiger partial charge in [0.2, 0.25) is 5.91 Å². The van der Waals surface area contributed by atoms with Gasteiger partial charge in [0, 0.05) is 43.7 Å². The number of benzene rings is 1. The summed E-state index contributed by atoms with van der Waals surface area (Å²) >= 11 is 0. The molecule has 4 rings (SSSR count). The lowest BCUT2D eigenvalue weighted by Gasteiger charge is -2.51. The number of nitrogens with one attached hydrogen (secondary N) is 1. The Morgan fingerprint density at radius 1 is 1.20 bits per heavy atom. The predicted octanol–water partition coefficient (Wildman–Crippen LogP) is 2.75. The summed E-state index contributed by atoms with van der Waals surface area (Å²) < 4.78 is 1.85. The molecule has 0 spiro atoms. The number of aromatic nitrogens is 2. The van der Waals surface area contributed by atoms with Gasteiger partial charge in [-0.25, -0.2) is 0 Å². The zero-order valence-corrected chi connectivity index (χ0v) is 18.8. The minimum absolute atomic E-state index is 0.0486. The van der Waals surface area contributed by atoms with Crippen molar-refractivity contribution in [3.05, 3.63) is 58.9 Å². The molecule has 0 bridgehead atoms. The lowest BCUT2D eigenvalue weighted by Crippen LogP contribution is -2.71. The normalized spacial score (nSPS) is 29.2. The number of amides is 1. The third-order valence-electron chi connectivity index (χ3n) is 6.81. The summed E-state index contributed by atoms with van der Waals surface area (Å²) in [4.78, 5) is 15.1. The number of nitrogens with zero attached hydrogens (tertiary/aromatic N) is 3. The Hall–Kier alpha value is -2.44. The molecule has 30 heavy (non-hydrogen) atoms. The molecule has 1 fully saturated rings. The smallest absolute Gasteiger partial charge is 0.234 e. The Labute approximate surface area is 179 Å². The van der Waals surface area contributed by atoms with E-state index >= 15 is 0 Å². The van der Waals surface area contributed by atoms with E-state index < -0.39 is 11.8 Å². The molecule has 2 heterocycles. The van der Waals surface area contributed by atoms with Gasteiger partial charge in [0.25, 0.3) is 0 Å². The van der Waals surface area contributed by atoms with E-state index in [9.17, 15) is 4.79 Å². The molecule has 160 valence electrons. The highest BCUT2D eigenvalue weighted by molar-refractivity contribution is 5.86. The zero-order valence-electron chi connectivity index (χ0n) is 18.8. The van der Waals surface area contributed by atoms with E-state index in [2.05, 4.69) is 74.5 Å². The molecule has 1 saturated heterocycles. The lowest BCUT2D eigenvalue weighted by atomic mass is 9.67. The van der Waals surface area contributed by atoms with E-state index in [1.807, 2.05) is 17.9 Å². The Kier molecular flexibility index (Phi) is 4.90. The molecule has 0 radical (unpaired) electrons. The average Bonchev–Trinajstić information content (AvgIpc) is 3.05. The van der Waals surface area contributed by atoms with E-state index in [4.69, 9.17) is 5.73 Å². The third kappa shape index (κ3) is 3.38. The highest BCUT2D eigenvalue weighted by atomic mass is 16.2. The van der Waals surface area contributed by atoms with Gasteiger partial charge < -0.3 is 4.90 Å². The van der Waals surface area contributed by atoms with E-state index in [-0.39, 0.29) is 23.2 Å². The standard InChI is InChI=1S/C24H33N5O/c1-23(2,3)17-10-7-15(8-11-17)20-21(30)29(6)22(25)26-24(20,4)18-12-9-16-14-28(5)27-19(16)13-18/h7-12,14,18,20,22,26H,13,25H2,1-6H3/t18?,20-,22?,24+/m0/s1. The van der Waals surface area contributed by atoms with Crippen molar-refractivity contribution >= 4 is 12.0 Å². The SMILES string of the molecule is CN1C(=O)[C@H](c2ccc(C(C)(C)C)cc2)[C@@](C)(C2C=Cc3cn(C)nc3C2)NC1N. The van der Waals surface area contributed by atoms with Gasteiger partial charge in [-0.15, -0.1) is 0 Å². The molecule has 0 saturated carbocycles. The number of aryl methyl sites for hydroxylation is 1. The summed E-state index contributed by atoms with van der Waals surface area (Å²) in [5.74, 6) is -0.195. The van der Waals surface area contributed by atoms with Crippen LogP contribution in [-0.4, -0.2) is 39.5 Å². The van der Waals surface area contributed by atoms with E-state index in [1.54, 1.807) is 11.9 Å². The maximum Gasteiger partial charge on any atom is 0.234 e. The quantitative estimate of drug-likeness (QED) is 0.803. The molecule has 1 aliphatic carbocycles. The van der Waals surface area contributed by atoms with Crippen LogP contribution in [0.2, 0.25) is 0 Å². The van der Waals surface area contributed by atoms with Gasteiger partial charge >= 0.3 is 0 Å². The molecule has 6 nitrogen and oxygen atoms in total. The fourth-order valence-corrected chi connectivity index (χ4v) is 4.84. The molecule has 2 aromatic rings. The molecule has 4 atom stereocenters. The number of hydrogen-bond donors (Lipinski definition) is 2. The predicted molar refractivity (Wildman–Crippen MR) is 120 cm³/mol. The minimum Gasteiger partial charge on any atom is -0.317 e. The molecule has 1 aromatic heterocycles. The van der Waals surface area contributed by atoms with Gasteiger partial charge in [-0.3, -0.25) is 20.5 Å². The van der Waals surface area contributed by atoms with Gasteiger partial charge in [-0.05, 0) is 23.5 Å². The zero-order chi connectivity index (χ0) is 21.8. The van der Waals surface area contributed by atoms with Crippen molar-refractivity contribution in [2.24, 2.45) is 18.7 Å². The monoisotopic (exact) mass is 407 g/mol. The summed E-state index contributed by atoms with van der Waals surface area (Å²) in [5, 5.41) is 8.20. The molecule has 2 unspecified atom stereocenters. The van der Waals surface area contributed by atoms with Gasteiger partial charge in [0.1, 0.15) is 6.29 Å². The van der Waals surface area contributed by atoms with Crippen LogP contribution in [-0.2, 0) is 23.7 Å². The number of rotatable bonds is 2. The number of carbonyl (C=O) groups is 1. The number of carbonyl (C=O) groups excluding carboxylic acids is 1. The second kappa shape index (κ2) is 7.06. The first-order valence-electron chi connectivity index (χ1n) is 10.6. The highest BCUT2D eigenvalue weighted by Crippen LogP contribution is 2.42. The van der Waals surface area contributed by atoms with Gasteiger partial charge in [-0.2, -0.15) is 5.10 Å². The summed E-state index contributed by atoms with van der Waals surface area (Å²) in [5.41, 5.74) is 10.3. The van der Waals surface area contributed by atoms with Crippen LogP contribution in [0, 0.1) is 5.92 Å². The van der Waals surface area contributed by atoms with Gasteiger partial charge in [0.15, 0.2) is 0 Å². The first kappa shape index (κ1) is 20.8. The van der Waals surface area contributed by atoms with E-state index in [1.165, 1.54) is 5.56 Å². The topological polar surface area (TPSA) is 76.2 Å². The maximum atomic E-state index is 13.5. The largest absolute Gasteiger partial charge is 0.317 e. The molecule has 3 N–H and O–H groups in total. The van der Waals surface area contributed by atoms with Crippen LogP contribution < -0.4 is 11.1 Å². The summed E-state index contributed by atoms with van der Waals surface area (Å²) in [6, 6.07) is 8.50. The second-order valence-electron chi connectivity index (χ2n) is 10.0. The Bertz CT molecular complexity index is 984. The summed E-state index contributed by atoms with van der Waals surface area (Å²) in [6.45, 7) is 8.72. The average molecular weight is 408 g/mol. The number of fused-ring (bicyclic) bond motifs is 1. The van der Waals surface area contributed by atoms with Crippen LogP contribution in [0.1, 0.15) is 56.0 Å². The van der Waals surface area contributed by atoms with Crippen LogP contribution in [0.5, 0.6) is 0 Å². The van der Waals surface area contributed by atoms with Crippen molar-refractivity contribution in [1.82, 2.24) is 20.0 Å². The molecule has 2 aliphatic rings. The third-order valence-corrected chi connectivity index (χ3v) is 6.81. The fraction of sp³-hybridized carbons (Fsp3) is 0.500. The van der Waals surface area contributed by atoms with Crippen LogP contribution >= 0.6 is 0 Å². The van der Waals surface area contributed by atoms with E-state index in [0.717, 1.165) is 23.2 Å². The minimum atomic E-state index is -0.530. The molecule has 1 aliphatic heterocycles. The first-order chi connectivity index (χ1) is 14.0. The van der Waals surface area contributed by atoms with Crippen LogP contribution in [0.4, 0.5) is 0 Å². The van der Waals surface area contributed by atoms with Crippen molar-refractivity contribution < 1.29 is 4.79 Å².